The summed E-state index contributed by atoms with van der Waals surface area (Å²) in [5, 5.41) is 10.7. The Hall–Kier alpha value is -2.87. The number of aryl methyl sites for hydroxylation is 1. The number of carbonyl (C=O) groups is 3. The summed E-state index contributed by atoms with van der Waals surface area (Å²) < 4.78 is 0.927. The fraction of sp³-hybridized carbons (Fsp3) is 0.250. The molecule has 8 heteroatoms. The van der Waals surface area contributed by atoms with E-state index in [0.717, 1.165) is 10.0 Å². The molecule has 0 saturated carbocycles. The van der Waals surface area contributed by atoms with E-state index in [0.29, 0.717) is 16.9 Å². The average molecular weight is 447 g/mol. The number of halogens is 1. The molecule has 0 aliphatic carbocycles. The molecule has 0 unspecified atom stereocenters. The lowest BCUT2D eigenvalue weighted by Crippen LogP contribution is -2.34. The van der Waals surface area contributed by atoms with E-state index in [4.69, 9.17) is 0 Å². The Bertz CT molecular complexity index is 866. The molecule has 0 aromatic heterocycles. The van der Waals surface area contributed by atoms with Gasteiger partial charge in [0, 0.05) is 27.5 Å². The Kier molecular flexibility index (Phi) is 7.57. The van der Waals surface area contributed by atoms with Gasteiger partial charge in [-0.15, -0.1) is 0 Å². The highest BCUT2D eigenvalue weighted by atomic mass is 79.9. The molecule has 28 heavy (non-hydrogen) atoms. The summed E-state index contributed by atoms with van der Waals surface area (Å²) in [6, 6.07) is 11.6. The second kappa shape index (κ2) is 9.89. The lowest BCUT2D eigenvalue weighted by atomic mass is 10.2. The molecule has 2 rings (SSSR count). The van der Waals surface area contributed by atoms with E-state index in [1.165, 1.54) is 0 Å². The summed E-state index contributed by atoms with van der Waals surface area (Å²) in [5.41, 5.74) is 2.57. The van der Waals surface area contributed by atoms with Crippen LogP contribution in [-0.4, -0.2) is 30.4 Å². The van der Waals surface area contributed by atoms with Crippen LogP contribution in [-0.2, 0) is 4.79 Å². The Morgan fingerprint density at radius 1 is 1.00 bits per heavy atom. The van der Waals surface area contributed by atoms with Crippen molar-refractivity contribution in [3.63, 3.8) is 0 Å². The molecule has 0 bridgehead atoms. The number of amides is 4. The maximum Gasteiger partial charge on any atom is 0.319 e. The van der Waals surface area contributed by atoms with E-state index in [-0.39, 0.29) is 30.4 Å². The molecule has 7 nitrogen and oxygen atoms in total. The number of nitrogens with one attached hydrogen (secondary N) is 4. The summed E-state index contributed by atoms with van der Waals surface area (Å²) in [7, 11) is 0. The molecule has 0 atom stereocenters. The zero-order valence-electron chi connectivity index (χ0n) is 15.9. The lowest BCUT2D eigenvalue weighted by molar-refractivity contribution is -0.115. The number of benzene rings is 2. The molecule has 2 aromatic carbocycles. The quantitative estimate of drug-likeness (QED) is 0.544. The molecule has 0 fully saturated rings. The van der Waals surface area contributed by atoms with E-state index in [1.807, 2.05) is 32.9 Å². The van der Waals surface area contributed by atoms with Crippen LogP contribution in [0.3, 0.4) is 0 Å². The summed E-state index contributed by atoms with van der Waals surface area (Å²) in [4.78, 5) is 35.9. The topological polar surface area (TPSA) is 99.3 Å². The van der Waals surface area contributed by atoms with E-state index < -0.39 is 0 Å². The molecule has 4 amide bonds. The first-order valence-corrected chi connectivity index (χ1v) is 9.55. The highest BCUT2D eigenvalue weighted by Gasteiger charge is 2.10. The molecule has 0 saturated heterocycles. The molecule has 4 N–H and O–H groups in total. The Labute approximate surface area is 172 Å². The van der Waals surface area contributed by atoms with Gasteiger partial charge in [0.05, 0.1) is 6.54 Å². The van der Waals surface area contributed by atoms with Gasteiger partial charge >= 0.3 is 6.03 Å². The summed E-state index contributed by atoms with van der Waals surface area (Å²) in [6.45, 7) is 5.46. The number of anilines is 2. The maximum atomic E-state index is 12.2. The highest BCUT2D eigenvalue weighted by Crippen LogP contribution is 2.19. The van der Waals surface area contributed by atoms with Gasteiger partial charge in [0.15, 0.2) is 0 Å². The molecule has 0 aliphatic rings. The standard InChI is InChI=1S/C20H23BrN4O3/c1-12(2)23-20(28)24-16-7-4-14(5-8-16)19(27)22-11-18(26)25-17-9-6-15(21)10-13(17)3/h4-10,12H,11H2,1-3H3,(H,22,27)(H,25,26)(H2,23,24,28). The molecular formula is C20H23BrN4O3. The number of hydrogen-bond donors (Lipinski definition) is 4. The smallest absolute Gasteiger partial charge is 0.319 e. The molecule has 148 valence electrons. The largest absolute Gasteiger partial charge is 0.343 e. The van der Waals surface area contributed by atoms with Crippen molar-refractivity contribution in [2.75, 3.05) is 17.2 Å². The molecule has 2 aromatic rings. The van der Waals surface area contributed by atoms with Gasteiger partial charge in [0.2, 0.25) is 5.91 Å². The van der Waals surface area contributed by atoms with Crippen LogP contribution >= 0.6 is 15.9 Å². The minimum atomic E-state index is -0.374. The van der Waals surface area contributed by atoms with Gasteiger partial charge < -0.3 is 21.3 Å². The van der Waals surface area contributed by atoms with E-state index in [1.54, 1.807) is 30.3 Å². The van der Waals surface area contributed by atoms with Crippen molar-refractivity contribution in [1.29, 1.82) is 0 Å². The van der Waals surface area contributed by atoms with Gasteiger partial charge in [-0.2, -0.15) is 0 Å². The maximum absolute atomic E-state index is 12.2. The third-order valence-electron chi connectivity index (χ3n) is 3.70. The number of urea groups is 1. The van der Waals surface area contributed by atoms with Crippen LogP contribution in [0.5, 0.6) is 0 Å². The first-order chi connectivity index (χ1) is 13.2. The lowest BCUT2D eigenvalue weighted by Gasteiger charge is -2.11. The third-order valence-corrected chi connectivity index (χ3v) is 4.19. The van der Waals surface area contributed by atoms with E-state index in [9.17, 15) is 14.4 Å². The molecule has 0 spiro atoms. The van der Waals surface area contributed by atoms with Gasteiger partial charge in [0.1, 0.15) is 0 Å². The molecular weight excluding hydrogens is 424 g/mol. The number of rotatable bonds is 6. The number of carbonyl (C=O) groups excluding carboxylic acids is 3. The monoisotopic (exact) mass is 446 g/mol. The summed E-state index contributed by atoms with van der Waals surface area (Å²) in [5.74, 6) is -0.691. The minimum absolute atomic E-state index is 0.0254. The normalized spacial score (nSPS) is 10.3. The van der Waals surface area contributed by atoms with Crippen LogP contribution in [0, 0.1) is 6.92 Å². The first-order valence-electron chi connectivity index (χ1n) is 8.76. The van der Waals surface area contributed by atoms with Crippen LogP contribution in [0.4, 0.5) is 16.2 Å². The van der Waals surface area contributed by atoms with Crippen molar-refractivity contribution in [3.8, 4) is 0 Å². The van der Waals surface area contributed by atoms with Gasteiger partial charge in [-0.25, -0.2) is 4.79 Å². The molecule has 0 heterocycles. The zero-order chi connectivity index (χ0) is 20.7. The van der Waals surface area contributed by atoms with Crippen LogP contribution < -0.4 is 21.3 Å². The van der Waals surface area contributed by atoms with E-state index in [2.05, 4.69) is 37.2 Å². The number of hydrogen-bond acceptors (Lipinski definition) is 3. The molecule has 0 aliphatic heterocycles. The summed E-state index contributed by atoms with van der Waals surface area (Å²) in [6.07, 6.45) is 0. The Balaban J connectivity index is 1.85. The minimum Gasteiger partial charge on any atom is -0.343 e. The fourth-order valence-electron chi connectivity index (χ4n) is 2.36. The summed E-state index contributed by atoms with van der Waals surface area (Å²) >= 11 is 3.37. The predicted molar refractivity (Wildman–Crippen MR) is 114 cm³/mol. The van der Waals surface area contributed by atoms with Crippen LogP contribution in [0.1, 0.15) is 29.8 Å². The Morgan fingerprint density at radius 2 is 1.68 bits per heavy atom. The SMILES string of the molecule is Cc1cc(Br)ccc1NC(=O)CNC(=O)c1ccc(NC(=O)NC(C)C)cc1. The predicted octanol–water partition coefficient (Wildman–Crippen LogP) is 3.66. The highest BCUT2D eigenvalue weighted by molar-refractivity contribution is 9.10. The van der Waals surface area contributed by atoms with Crippen molar-refractivity contribution in [3.05, 3.63) is 58.1 Å². The third kappa shape index (κ3) is 6.70. The Morgan fingerprint density at radius 3 is 2.29 bits per heavy atom. The average Bonchev–Trinajstić information content (AvgIpc) is 2.62. The van der Waals surface area contributed by atoms with Gasteiger partial charge in [-0.3, -0.25) is 9.59 Å². The van der Waals surface area contributed by atoms with Crippen molar-refractivity contribution < 1.29 is 14.4 Å². The van der Waals surface area contributed by atoms with Crippen molar-refractivity contribution in [1.82, 2.24) is 10.6 Å². The molecule has 0 radical (unpaired) electrons. The van der Waals surface area contributed by atoms with Crippen molar-refractivity contribution in [2.45, 2.75) is 26.8 Å². The van der Waals surface area contributed by atoms with Gasteiger partial charge in [-0.05, 0) is 68.8 Å². The second-order valence-corrected chi connectivity index (χ2v) is 7.44. The van der Waals surface area contributed by atoms with Gasteiger partial charge in [-0.1, -0.05) is 15.9 Å². The fourth-order valence-corrected chi connectivity index (χ4v) is 2.83. The van der Waals surface area contributed by atoms with E-state index >= 15 is 0 Å². The van der Waals surface area contributed by atoms with Crippen molar-refractivity contribution in [2.24, 2.45) is 0 Å². The second-order valence-electron chi connectivity index (χ2n) is 6.52. The zero-order valence-corrected chi connectivity index (χ0v) is 17.5. The van der Waals surface area contributed by atoms with Crippen LogP contribution in [0.15, 0.2) is 46.9 Å². The van der Waals surface area contributed by atoms with Gasteiger partial charge in [0.25, 0.3) is 5.91 Å². The van der Waals surface area contributed by atoms with Crippen molar-refractivity contribution >= 4 is 45.2 Å². The van der Waals surface area contributed by atoms with Crippen LogP contribution in [0.25, 0.3) is 0 Å². The first kappa shape index (κ1) is 21.4. The van der Waals surface area contributed by atoms with Crippen LogP contribution in [0.2, 0.25) is 0 Å².